The first-order valence-corrected chi connectivity index (χ1v) is 7.50. The van der Waals surface area contributed by atoms with E-state index in [9.17, 15) is 4.79 Å². The van der Waals surface area contributed by atoms with Crippen LogP contribution in [0.1, 0.15) is 72.6 Å². The van der Waals surface area contributed by atoms with E-state index in [2.05, 4.69) is 33.8 Å². The minimum atomic E-state index is -0.0653. The molecule has 0 amide bonds. The quantitative estimate of drug-likeness (QED) is 0.309. The summed E-state index contributed by atoms with van der Waals surface area (Å²) in [4.78, 5) is 11.4. The summed E-state index contributed by atoms with van der Waals surface area (Å²) in [6, 6.07) is 0. The number of rotatable bonds is 10. The highest BCUT2D eigenvalue weighted by atomic mass is 16.5. The average molecular weight is 266 g/mol. The summed E-state index contributed by atoms with van der Waals surface area (Å²) in [6.45, 7) is 8.90. The van der Waals surface area contributed by atoms with Gasteiger partial charge in [0.2, 0.25) is 0 Å². The minimum Gasteiger partial charge on any atom is -0.461 e. The zero-order valence-electron chi connectivity index (χ0n) is 13.1. The van der Waals surface area contributed by atoms with Crippen LogP contribution in [0.15, 0.2) is 23.3 Å². The van der Waals surface area contributed by atoms with Gasteiger partial charge in [-0.3, -0.25) is 4.79 Å². The molecule has 0 unspecified atom stereocenters. The lowest BCUT2D eigenvalue weighted by molar-refractivity contribution is -0.142. The molecule has 0 atom stereocenters. The van der Waals surface area contributed by atoms with Crippen LogP contribution in [-0.2, 0) is 9.53 Å². The topological polar surface area (TPSA) is 26.3 Å². The molecule has 0 aliphatic carbocycles. The summed E-state index contributed by atoms with van der Waals surface area (Å²) in [5, 5.41) is 0. The van der Waals surface area contributed by atoms with E-state index < -0.39 is 0 Å². The first-order chi connectivity index (χ1) is 9.06. The predicted molar refractivity (Wildman–Crippen MR) is 82.1 cm³/mol. The van der Waals surface area contributed by atoms with Gasteiger partial charge in [0, 0.05) is 6.42 Å². The van der Waals surface area contributed by atoms with Crippen LogP contribution in [0.3, 0.4) is 0 Å². The number of esters is 1. The van der Waals surface area contributed by atoms with Crippen molar-refractivity contribution in [3.63, 3.8) is 0 Å². The third-order valence-corrected chi connectivity index (χ3v) is 3.00. The highest BCUT2D eigenvalue weighted by molar-refractivity contribution is 5.69. The maximum absolute atomic E-state index is 11.4. The Bertz CT molecular complexity index is 296. The maximum atomic E-state index is 11.4. The lowest BCUT2D eigenvalue weighted by atomic mass is 10.1. The van der Waals surface area contributed by atoms with Crippen LogP contribution in [0.5, 0.6) is 0 Å². The number of hydrogen-bond donors (Lipinski definition) is 0. The molecule has 0 spiro atoms. The standard InChI is InChI=1S/C17H30O2/c1-5-6-7-8-12-17(18)19-14-13-16(4)11-9-10-15(2)3/h10,13H,5-9,11-12,14H2,1-4H3. The van der Waals surface area contributed by atoms with Crippen LogP contribution >= 0.6 is 0 Å². The van der Waals surface area contributed by atoms with Crippen LogP contribution in [-0.4, -0.2) is 12.6 Å². The molecule has 0 bridgehead atoms. The Morgan fingerprint density at radius 1 is 1.00 bits per heavy atom. The van der Waals surface area contributed by atoms with Crippen molar-refractivity contribution in [1.29, 1.82) is 0 Å². The van der Waals surface area contributed by atoms with Gasteiger partial charge < -0.3 is 4.74 Å². The van der Waals surface area contributed by atoms with Gasteiger partial charge >= 0.3 is 5.97 Å². The van der Waals surface area contributed by atoms with E-state index in [1.54, 1.807) is 0 Å². The summed E-state index contributed by atoms with van der Waals surface area (Å²) >= 11 is 0. The van der Waals surface area contributed by atoms with Crippen molar-refractivity contribution in [1.82, 2.24) is 0 Å². The molecule has 19 heavy (non-hydrogen) atoms. The molecule has 0 saturated carbocycles. The van der Waals surface area contributed by atoms with Crippen molar-refractivity contribution in [2.45, 2.75) is 72.6 Å². The second-order valence-electron chi connectivity index (χ2n) is 5.36. The molecular formula is C17H30O2. The van der Waals surface area contributed by atoms with E-state index in [0.29, 0.717) is 13.0 Å². The summed E-state index contributed by atoms with van der Waals surface area (Å²) in [7, 11) is 0. The number of carbonyl (C=O) groups is 1. The van der Waals surface area contributed by atoms with Crippen molar-refractivity contribution < 1.29 is 9.53 Å². The number of hydrogen-bond acceptors (Lipinski definition) is 2. The van der Waals surface area contributed by atoms with E-state index in [1.807, 2.05) is 6.08 Å². The number of ether oxygens (including phenoxy) is 1. The maximum Gasteiger partial charge on any atom is 0.306 e. The van der Waals surface area contributed by atoms with Gasteiger partial charge in [0.05, 0.1) is 0 Å². The van der Waals surface area contributed by atoms with Crippen LogP contribution in [0.4, 0.5) is 0 Å². The molecular weight excluding hydrogens is 236 g/mol. The van der Waals surface area contributed by atoms with Crippen molar-refractivity contribution >= 4 is 5.97 Å². The van der Waals surface area contributed by atoms with Crippen LogP contribution in [0.2, 0.25) is 0 Å². The van der Waals surface area contributed by atoms with Gasteiger partial charge in [0.15, 0.2) is 0 Å². The van der Waals surface area contributed by atoms with Gasteiger partial charge in [0.25, 0.3) is 0 Å². The Morgan fingerprint density at radius 3 is 2.37 bits per heavy atom. The molecule has 110 valence electrons. The lowest BCUT2D eigenvalue weighted by Gasteiger charge is -2.03. The Labute approximate surface area is 118 Å². The van der Waals surface area contributed by atoms with E-state index in [-0.39, 0.29) is 5.97 Å². The third kappa shape index (κ3) is 13.2. The number of allylic oxidation sites excluding steroid dienone is 3. The Morgan fingerprint density at radius 2 is 1.74 bits per heavy atom. The molecule has 0 radical (unpaired) electrons. The minimum absolute atomic E-state index is 0.0653. The first kappa shape index (κ1) is 17.9. The zero-order chi connectivity index (χ0) is 14.5. The molecule has 0 aliphatic rings. The van der Waals surface area contributed by atoms with Gasteiger partial charge in [-0.15, -0.1) is 0 Å². The highest BCUT2D eigenvalue weighted by Crippen LogP contribution is 2.07. The number of carbonyl (C=O) groups excluding carboxylic acids is 1. The molecule has 0 heterocycles. The fourth-order valence-electron chi connectivity index (χ4n) is 1.74. The fraction of sp³-hybridized carbons (Fsp3) is 0.706. The molecule has 0 fully saturated rings. The molecule has 0 aromatic carbocycles. The van der Waals surface area contributed by atoms with E-state index in [0.717, 1.165) is 25.7 Å². The van der Waals surface area contributed by atoms with Crippen LogP contribution in [0, 0.1) is 0 Å². The second-order valence-corrected chi connectivity index (χ2v) is 5.36. The van der Waals surface area contributed by atoms with E-state index >= 15 is 0 Å². The fourth-order valence-corrected chi connectivity index (χ4v) is 1.74. The van der Waals surface area contributed by atoms with Gasteiger partial charge in [-0.25, -0.2) is 0 Å². The van der Waals surface area contributed by atoms with Gasteiger partial charge in [-0.05, 0) is 46.1 Å². The van der Waals surface area contributed by atoms with Gasteiger partial charge in [-0.2, -0.15) is 0 Å². The Balaban J connectivity index is 3.63. The van der Waals surface area contributed by atoms with Crippen molar-refractivity contribution in [3.05, 3.63) is 23.3 Å². The van der Waals surface area contributed by atoms with Gasteiger partial charge in [0.1, 0.15) is 6.61 Å². The summed E-state index contributed by atoms with van der Waals surface area (Å²) in [5.41, 5.74) is 2.64. The van der Waals surface area contributed by atoms with Crippen LogP contribution < -0.4 is 0 Å². The monoisotopic (exact) mass is 266 g/mol. The van der Waals surface area contributed by atoms with Crippen molar-refractivity contribution in [3.8, 4) is 0 Å². The predicted octanol–water partition coefficient (Wildman–Crippen LogP) is 5.19. The summed E-state index contributed by atoms with van der Waals surface area (Å²) in [6.07, 6.45) is 11.4. The second kappa shape index (κ2) is 12.0. The van der Waals surface area contributed by atoms with Crippen molar-refractivity contribution in [2.75, 3.05) is 6.61 Å². The normalized spacial score (nSPS) is 11.3. The first-order valence-electron chi connectivity index (χ1n) is 7.50. The third-order valence-electron chi connectivity index (χ3n) is 3.00. The molecule has 2 heteroatoms. The zero-order valence-corrected chi connectivity index (χ0v) is 13.1. The van der Waals surface area contributed by atoms with Crippen molar-refractivity contribution in [2.24, 2.45) is 0 Å². The highest BCUT2D eigenvalue weighted by Gasteiger charge is 2.01. The Hall–Kier alpha value is -1.05. The SMILES string of the molecule is CCCCCCC(=O)OCC=C(C)CCC=C(C)C. The smallest absolute Gasteiger partial charge is 0.306 e. The van der Waals surface area contributed by atoms with E-state index in [4.69, 9.17) is 4.74 Å². The van der Waals surface area contributed by atoms with Crippen LogP contribution in [0.25, 0.3) is 0 Å². The largest absolute Gasteiger partial charge is 0.461 e. The molecule has 0 N–H and O–H groups in total. The Kier molecular flexibility index (Phi) is 11.3. The summed E-state index contributed by atoms with van der Waals surface area (Å²) in [5.74, 6) is -0.0653. The molecule has 0 aromatic rings. The van der Waals surface area contributed by atoms with E-state index in [1.165, 1.54) is 24.0 Å². The molecule has 2 nitrogen and oxygen atoms in total. The lowest BCUT2D eigenvalue weighted by Crippen LogP contribution is -2.04. The molecule has 0 rings (SSSR count). The number of unbranched alkanes of at least 4 members (excludes halogenated alkanes) is 3. The molecule has 0 aliphatic heterocycles. The molecule has 0 aromatic heterocycles. The van der Waals surface area contributed by atoms with Gasteiger partial charge in [-0.1, -0.05) is 43.4 Å². The summed E-state index contributed by atoms with van der Waals surface area (Å²) < 4.78 is 5.19. The average Bonchev–Trinajstić information content (AvgIpc) is 2.34. The molecule has 0 saturated heterocycles.